The van der Waals surface area contributed by atoms with E-state index in [4.69, 9.17) is 0 Å². The van der Waals surface area contributed by atoms with Gasteiger partial charge in [-0.2, -0.15) is 0 Å². The third-order valence-corrected chi connectivity index (χ3v) is 3.44. The zero-order valence-electron chi connectivity index (χ0n) is 11.4. The van der Waals surface area contributed by atoms with Crippen molar-refractivity contribution in [3.63, 3.8) is 0 Å². The number of carboxylic acid groups (broad SMARTS) is 1. The van der Waals surface area contributed by atoms with Gasteiger partial charge in [0.1, 0.15) is 11.4 Å². The summed E-state index contributed by atoms with van der Waals surface area (Å²) in [5.74, 6) is -1.97. The number of fused-ring (bicyclic) bond motifs is 1. The number of hydrogen-bond donors (Lipinski definition) is 2. The van der Waals surface area contributed by atoms with E-state index in [2.05, 4.69) is 9.97 Å². The number of carbonyl (C=O) groups is 2. The monoisotopic (exact) mass is 301 g/mol. The van der Waals surface area contributed by atoms with E-state index in [9.17, 15) is 19.1 Å². The molecule has 112 valence electrons. The van der Waals surface area contributed by atoms with Crippen molar-refractivity contribution in [2.24, 2.45) is 0 Å². The van der Waals surface area contributed by atoms with E-state index in [1.54, 1.807) is 0 Å². The zero-order chi connectivity index (χ0) is 15.7. The summed E-state index contributed by atoms with van der Waals surface area (Å²) in [4.78, 5) is 32.0. The average Bonchev–Trinajstić information content (AvgIpc) is 2.88. The number of halogens is 1. The molecule has 0 saturated carbocycles. The van der Waals surface area contributed by atoms with Crippen LogP contribution in [0.3, 0.4) is 0 Å². The maximum atomic E-state index is 12.9. The summed E-state index contributed by atoms with van der Waals surface area (Å²) in [6.07, 6.45) is 3.15. The van der Waals surface area contributed by atoms with Crippen LogP contribution in [0.25, 0.3) is 5.57 Å². The van der Waals surface area contributed by atoms with E-state index in [-0.39, 0.29) is 11.5 Å². The van der Waals surface area contributed by atoms with Gasteiger partial charge in [-0.1, -0.05) is 0 Å². The fraction of sp³-hybridized carbons (Fsp3) is 0.133. The molecule has 0 radical (unpaired) electrons. The van der Waals surface area contributed by atoms with Crippen molar-refractivity contribution in [1.29, 1.82) is 0 Å². The lowest BCUT2D eigenvalue weighted by atomic mass is 10.1. The summed E-state index contributed by atoms with van der Waals surface area (Å²) < 4.78 is 12.9. The molecular formula is C15H12FN3O3. The first-order chi connectivity index (χ1) is 10.6. The van der Waals surface area contributed by atoms with Crippen LogP contribution in [0.5, 0.6) is 0 Å². The predicted octanol–water partition coefficient (Wildman–Crippen LogP) is 1.67. The molecule has 0 spiro atoms. The number of hydrogen-bond acceptors (Lipinski definition) is 3. The van der Waals surface area contributed by atoms with Crippen molar-refractivity contribution in [2.45, 2.75) is 6.42 Å². The van der Waals surface area contributed by atoms with Gasteiger partial charge in [-0.05, 0) is 24.3 Å². The summed E-state index contributed by atoms with van der Waals surface area (Å²) in [6, 6.07) is 5.12. The highest BCUT2D eigenvalue weighted by Crippen LogP contribution is 2.22. The number of amides is 1. The molecule has 0 saturated heterocycles. The van der Waals surface area contributed by atoms with Crippen LogP contribution >= 0.6 is 0 Å². The first-order valence-corrected chi connectivity index (χ1v) is 6.60. The fourth-order valence-electron chi connectivity index (χ4n) is 2.34. The van der Waals surface area contributed by atoms with Crippen LogP contribution in [-0.4, -0.2) is 38.4 Å². The Balaban J connectivity index is 1.96. The Morgan fingerprint density at radius 2 is 2.00 bits per heavy atom. The smallest absolute Gasteiger partial charge is 0.339 e. The van der Waals surface area contributed by atoms with E-state index < -0.39 is 11.8 Å². The molecule has 6 nitrogen and oxygen atoms in total. The Morgan fingerprint density at radius 1 is 1.27 bits per heavy atom. The van der Waals surface area contributed by atoms with Crippen molar-refractivity contribution in [3.05, 3.63) is 59.6 Å². The number of aromatic nitrogens is 2. The van der Waals surface area contributed by atoms with Crippen molar-refractivity contribution in [1.82, 2.24) is 14.9 Å². The Morgan fingerprint density at radius 3 is 2.68 bits per heavy atom. The predicted molar refractivity (Wildman–Crippen MR) is 75.3 cm³/mol. The van der Waals surface area contributed by atoms with Gasteiger partial charge in [0.2, 0.25) is 0 Å². The Hall–Kier alpha value is -2.96. The number of H-pyrrole nitrogens is 1. The van der Waals surface area contributed by atoms with Crippen LogP contribution in [-0.2, 0) is 11.2 Å². The number of rotatable bonds is 2. The largest absolute Gasteiger partial charge is 0.478 e. The molecule has 0 aliphatic carbocycles. The van der Waals surface area contributed by atoms with E-state index >= 15 is 0 Å². The van der Waals surface area contributed by atoms with Gasteiger partial charge in [-0.25, -0.2) is 14.2 Å². The quantitative estimate of drug-likeness (QED) is 0.883. The molecule has 0 fully saturated rings. The molecule has 1 aromatic heterocycles. The van der Waals surface area contributed by atoms with E-state index in [0.29, 0.717) is 29.9 Å². The molecule has 1 amide bonds. The van der Waals surface area contributed by atoms with Gasteiger partial charge < -0.3 is 15.0 Å². The Kier molecular flexibility index (Phi) is 3.46. The van der Waals surface area contributed by atoms with Gasteiger partial charge >= 0.3 is 5.97 Å². The lowest BCUT2D eigenvalue weighted by Crippen LogP contribution is -2.27. The molecule has 2 N–H and O–H groups in total. The molecule has 22 heavy (non-hydrogen) atoms. The lowest BCUT2D eigenvalue weighted by molar-refractivity contribution is -0.130. The van der Waals surface area contributed by atoms with Crippen LogP contribution in [0.4, 0.5) is 4.39 Å². The van der Waals surface area contributed by atoms with E-state index in [1.165, 1.54) is 41.7 Å². The van der Waals surface area contributed by atoms with E-state index in [1.807, 2.05) is 0 Å². The van der Waals surface area contributed by atoms with Gasteiger partial charge in [0, 0.05) is 24.7 Å². The van der Waals surface area contributed by atoms with Crippen molar-refractivity contribution in [2.75, 3.05) is 6.54 Å². The minimum absolute atomic E-state index is 0.0274. The highest BCUT2D eigenvalue weighted by atomic mass is 19.1. The second-order valence-electron chi connectivity index (χ2n) is 4.83. The number of benzene rings is 1. The van der Waals surface area contributed by atoms with E-state index in [0.717, 1.165) is 0 Å². The average molecular weight is 301 g/mol. The number of imidazole rings is 1. The first kappa shape index (κ1) is 14.0. The summed E-state index contributed by atoms with van der Waals surface area (Å²) >= 11 is 0. The summed E-state index contributed by atoms with van der Waals surface area (Å²) in [5, 5.41) is 9.33. The maximum absolute atomic E-state index is 12.9. The number of carboxylic acids is 1. The van der Waals surface area contributed by atoms with Gasteiger partial charge in [0.15, 0.2) is 0 Å². The highest BCUT2D eigenvalue weighted by molar-refractivity contribution is 6.15. The number of nitrogens with zero attached hydrogens (tertiary/aromatic N) is 2. The Labute approximate surface area is 124 Å². The van der Waals surface area contributed by atoms with Crippen LogP contribution in [0.1, 0.15) is 21.7 Å². The molecule has 0 bridgehead atoms. The molecule has 7 heteroatoms. The van der Waals surface area contributed by atoms with Crippen LogP contribution < -0.4 is 0 Å². The second-order valence-corrected chi connectivity index (χ2v) is 4.83. The van der Waals surface area contributed by atoms with Crippen LogP contribution in [0.15, 0.2) is 36.8 Å². The summed E-state index contributed by atoms with van der Waals surface area (Å²) in [5.41, 5.74) is 1.27. The van der Waals surface area contributed by atoms with Crippen LogP contribution in [0.2, 0.25) is 0 Å². The molecule has 1 aliphatic rings. The third-order valence-electron chi connectivity index (χ3n) is 3.44. The first-order valence-electron chi connectivity index (χ1n) is 6.60. The fourth-order valence-corrected chi connectivity index (χ4v) is 2.34. The second kappa shape index (κ2) is 5.44. The zero-order valence-corrected chi connectivity index (χ0v) is 11.4. The lowest BCUT2D eigenvalue weighted by Gasteiger charge is -2.17. The number of carbonyl (C=O) groups excluding carboxylic acids is 1. The number of nitrogens with one attached hydrogen (secondary N) is 1. The topological polar surface area (TPSA) is 86.3 Å². The molecule has 1 aliphatic heterocycles. The van der Waals surface area contributed by atoms with Crippen LogP contribution in [0, 0.1) is 5.82 Å². The number of aromatic amines is 1. The minimum Gasteiger partial charge on any atom is -0.478 e. The van der Waals surface area contributed by atoms with Gasteiger partial charge in [0.25, 0.3) is 5.91 Å². The third kappa shape index (κ3) is 2.48. The number of aliphatic carboxylic acids is 1. The van der Waals surface area contributed by atoms with Crippen molar-refractivity contribution >= 4 is 17.4 Å². The molecule has 0 atom stereocenters. The highest BCUT2D eigenvalue weighted by Gasteiger charge is 2.25. The van der Waals surface area contributed by atoms with Gasteiger partial charge in [0.05, 0.1) is 17.7 Å². The van der Waals surface area contributed by atoms with Crippen molar-refractivity contribution in [3.8, 4) is 0 Å². The standard InChI is InChI=1S/C15H12FN3O3/c16-10-3-1-9(2-4-10)14(20)19-6-5-12-13(18-8-17-12)11(7-19)15(21)22/h1-4,7-8H,5-6H2,(H,17,18)(H,21,22). The maximum Gasteiger partial charge on any atom is 0.339 e. The SMILES string of the molecule is O=C(O)C1=CN(C(=O)c2ccc(F)cc2)CCc2nc[nH]c21. The Bertz CT molecular complexity index is 765. The molecular weight excluding hydrogens is 289 g/mol. The van der Waals surface area contributed by atoms with Gasteiger partial charge in [-0.15, -0.1) is 0 Å². The molecule has 2 aromatic rings. The molecule has 2 heterocycles. The normalized spacial score (nSPS) is 14.0. The van der Waals surface area contributed by atoms with Gasteiger partial charge in [-0.3, -0.25) is 4.79 Å². The minimum atomic E-state index is -1.15. The molecule has 3 rings (SSSR count). The molecule has 1 aromatic carbocycles. The van der Waals surface area contributed by atoms with Crippen molar-refractivity contribution < 1.29 is 19.1 Å². The molecule has 0 unspecified atom stereocenters. The summed E-state index contributed by atoms with van der Waals surface area (Å²) in [7, 11) is 0. The summed E-state index contributed by atoms with van der Waals surface area (Å²) in [6.45, 7) is 0.296.